The maximum atomic E-state index is 13.4. The summed E-state index contributed by atoms with van der Waals surface area (Å²) in [5.41, 5.74) is 4.89. The lowest BCUT2D eigenvalue weighted by Gasteiger charge is -2.35. The summed E-state index contributed by atoms with van der Waals surface area (Å²) < 4.78 is 12.7. The zero-order valence-electron chi connectivity index (χ0n) is 25.7. The molecular formula is C34H41N3O5. The number of aryl methyl sites for hydroxylation is 2. The molecule has 3 aromatic carbocycles. The van der Waals surface area contributed by atoms with Crippen molar-refractivity contribution in [1.29, 1.82) is 0 Å². The number of methoxy groups -OCH3 is 2. The smallest absolute Gasteiger partial charge is 0.354 e. The van der Waals surface area contributed by atoms with Gasteiger partial charge in [0.1, 0.15) is 5.54 Å². The average Bonchev–Trinajstić information content (AvgIpc) is 3.31. The van der Waals surface area contributed by atoms with Gasteiger partial charge in [-0.2, -0.15) is 0 Å². The summed E-state index contributed by atoms with van der Waals surface area (Å²) in [6, 6.07) is 19.6. The van der Waals surface area contributed by atoms with Crippen LogP contribution in [0.15, 0.2) is 65.8 Å². The van der Waals surface area contributed by atoms with Gasteiger partial charge in [0.25, 0.3) is 0 Å². The number of rotatable bonds is 13. The summed E-state index contributed by atoms with van der Waals surface area (Å²) in [5.74, 6) is -0.460. The fourth-order valence-corrected chi connectivity index (χ4v) is 5.27. The van der Waals surface area contributed by atoms with Gasteiger partial charge in [-0.1, -0.05) is 35.5 Å². The lowest BCUT2D eigenvalue weighted by Crippen LogP contribution is -2.52. The minimum atomic E-state index is -0.931. The van der Waals surface area contributed by atoms with Crippen LogP contribution in [-0.2, 0) is 25.7 Å². The third kappa shape index (κ3) is 6.31. The summed E-state index contributed by atoms with van der Waals surface area (Å²) >= 11 is 0. The Morgan fingerprint density at radius 1 is 0.881 bits per heavy atom. The first-order chi connectivity index (χ1) is 20.1. The van der Waals surface area contributed by atoms with E-state index in [0.29, 0.717) is 43.1 Å². The molecule has 0 saturated carbocycles. The van der Waals surface area contributed by atoms with Gasteiger partial charge >= 0.3 is 5.97 Å². The predicted molar refractivity (Wildman–Crippen MR) is 167 cm³/mol. The number of ether oxygens (including phenoxy) is 2. The van der Waals surface area contributed by atoms with E-state index in [4.69, 9.17) is 14.3 Å². The van der Waals surface area contributed by atoms with Gasteiger partial charge in [0.05, 0.1) is 18.9 Å². The second kappa shape index (κ2) is 13.4. The highest BCUT2D eigenvalue weighted by molar-refractivity contribution is 6.16. The molecular weight excluding hydrogens is 530 g/mol. The normalized spacial score (nSPS) is 12.4. The van der Waals surface area contributed by atoms with Crippen LogP contribution in [0.1, 0.15) is 54.7 Å². The van der Waals surface area contributed by atoms with E-state index in [9.17, 15) is 9.59 Å². The Morgan fingerprint density at radius 2 is 1.45 bits per heavy atom. The van der Waals surface area contributed by atoms with E-state index in [-0.39, 0.29) is 5.78 Å². The largest absolute Gasteiger partial charge is 0.383 e. The zero-order chi connectivity index (χ0) is 30.4. The Hall–Kier alpha value is -3.85. The molecule has 42 heavy (non-hydrogen) atoms. The molecule has 4 aromatic rings. The van der Waals surface area contributed by atoms with Crippen LogP contribution in [0.4, 0.5) is 0 Å². The monoisotopic (exact) mass is 571 g/mol. The van der Waals surface area contributed by atoms with E-state index in [0.717, 1.165) is 39.5 Å². The van der Waals surface area contributed by atoms with Crippen molar-refractivity contribution < 1.29 is 23.9 Å². The molecule has 1 heterocycles. The van der Waals surface area contributed by atoms with Crippen LogP contribution >= 0.6 is 0 Å². The van der Waals surface area contributed by atoms with Crippen LogP contribution in [0.5, 0.6) is 0 Å². The van der Waals surface area contributed by atoms with Crippen LogP contribution in [0.25, 0.3) is 21.8 Å². The van der Waals surface area contributed by atoms with Crippen molar-refractivity contribution in [1.82, 2.24) is 9.47 Å². The van der Waals surface area contributed by atoms with E-state index in [2.05, 4.69) is 22.7 Å². The highest BCUT2D eigenvalue weighted by Crippen LogP contribution is 2.32. The fourth-order valence-electron chi connectivity index (χ4n) is 5.27. The molecule has 0 atom stereocenters. The van der Waals surface area contributed by atoms with Crippen molar-refractivity contribution in [2.24, 2.45) is 5.16 Å². The number of aromatic nitrogens is 1. The summed E-state index contributed by atoms with van der Waals surface area (Å²) in [7, 11) is 3.26. The van der Waals surface area contributed by atoms with Crippen molar-refractivity contribution in [2.75, 3.05) is 40.5 Å². The van der Waals surface area contributed by atoms with Gasteiger partial charge in [0.2, 0.25) is 0 Å². The molecule has 8 heteroatoms. The molecule has 0 unspecified atom stereocenters. The van der Waals surface area contributed by atoms with Crippen LogP contribution < -0.4 is 0 Å². The second-order valence-electron chi connectivity index (χ2n) is 10.9. The number of fused-ring (bicyclic) bond motifs is 3. The first-order valence-electron chi connectivity index (χ1n) is 14.3. The molecule has 1 aromatic heterocycles. The molecule has 4 rings (SSSR count). The van der Waals surface area contributed by atoms with Crippen molar-refractivity contribution in [2.45, 2.75) is 46.7 Å². The van der Waals surface area contributed by atoms with Gasteiger partial charge in [-0.15, -0.1) is 0 Å². The first kappa shape index (κ1) is 31.1. The van der Waals surface area contributed by atoms with Crippen molar-refractivity contribution >= 4 is 39.3 Å². The standard InChI is InChI=1S/C34H41N3O5/c1-8-37-30-15-13-25(24(3)35-42-33(39)34(4,5)36(17-19-40-6)18-20-41-7)21-28(30)29-22-26(14-16-31(29)37)32(38)27-12-10-9-11-23(27)2/h9-16,21-22H,8,17-20H2,1-7H3/b35-24+. The molecule has 0 bridgehead atoms. The van der Waals surface area contributed by atoms with Crippen LogP contribution in [-0.4, -0.2) is 73.0 Å². The number of hydrogen-bond acceptors (Lipinski definition) is 7. The lowest BCUT2D eigenvalue weighted by atomic mass is 9.97. The maximum Gasteiger partial charge on any atom is 0.354 e. The second-order valence-corrected chi connectivity index (χ2v) is 10.9. The van der Waals surface area contributed by atoms with E-state index in [1.54, 1.807) is 14.2 Å². The Bertz CT molecular complexity index is 1610. The third-order valence-electron chi connectivity index (χ3n) is 7.94. The zero-order valence-corrected chi connectivity index (χ0v) is 25.7. The van der Waals surface area contributed by atoms with Crippen molar-refractivity contribution in [3.05, 3.63) is 82.9 Å². The molecule has 8 nitrogen and oxygen atoms in total. The molecule has 0 fully saturated rings. The maximum absolute atomic E-state index is 13.4. The number of carbonyl (C=O) groups is 2. The highest BCUT2D eigenvalue weighted by atomic mass is 16.7. The van der Waals surface area contributed by atoms with Crippen molar-refractivity contribution in [3.63, 3.8) is 0 Å². The Morgan fingerprint density at radius 3 is 2.02 bits per heavy atom. The fraction of sp³-hybridized carbons (Fsp3) is 0.382. The summed E-state index contributed by atoms with van der Waals surface area (Å²) in [5, 5.41) is 6.23. The SMILES string of the molecule is CCn1c2ccc(C(=O)c3ccccc3C)cc2c2cc(/C(C)=N/OC(=O)C(C)(C)N(CCOC)CCOC)ccc21. The minimum absolute atomic E-state index is 0.000801. The van der Waals surface area contributed by atoms with Gasteiger partial charge in [-0.25, -0.2) is 4.79 Å². The molecule has 0 aliphatic carbocycles. The third-order valence-corrected chi connectivity index (χ3v) is 7.94. The molecule has 0 spiro atoms. The number of ketones is 1. The molecule has 0 N–H and O–H groups in total. The van der Waals surface area contributed by atoms with Gasteiger partial charge in [0.15, 0.2) is 5.78 Å². The number of carbonyl (C=O) groups excluding carboxylic acids is 2. The Balaban J connectivity index is 1.66. The number of benzene rings is 3. The lowest BCUT2D eigenvalue weighted by molar-refractivity contribution is -0.157. The number of hydrogen-bond donors (Lipinski definition) is 0. The molecule has 0 aliphatic heterocycles. The summed E-state index contributed by atoms with van der Waals surface area (Å²) in [6.07, 6.45) is 0. The Kier molecular flexibility index (Phi) is 9.93. The number of nitrogens with zero attached hydrogens (tertiary/aromatic N) is 3. The molecule has 0 radical (unpaired) electrons. The Labute approximate surface area is 247 Å². The van der Waals surface area contributed by atoms with Crippen LogP contribution in [0.3, 0.4) is 0 Å². The van der Waals surface area contributed by atoms with E-state index in [1.165, 1.54) is 0 Å². The highest BCUT2D eigenvalue weighted by Gasteiger charge is 2.36. The van der Waals surface area contributed by atoms with Gasteiger partial charge < -0.3 is 18.9 Å². The predicted octanol–water partition coefficient (Wildman–Crippen LogP) is 5.99. The molecule has 0 amide bonds. The van der Waals surface area contributed by atoms with Gasteiger partial charge in [0, 0.05) is 66.8 Å². The van der Waals surface area contributed by atoms with Crippen LogP contribution in [0, 0.1) is 6.92 Å². The van der Waals surface area contributed by atoms with Gasteiger partial charge in [-0.05, 0) is 76.1 Å². The molecule has 0 saturated heterocycles. The average molecular weight is 572 g/mol. The molecule has 0 aliphatic rings. The molecule has 222 valence electrons. The quantitative estimate of drug-likeness (QED) is 0.0848. The van der Waals surface area contributed by atoms with Crippen LogP contribution in [0.2, 0.25) is 0 Å². The van der Waals surface area contributed by atoms with Gasteiger partial charge in [-0.3, -0.25) is 9.69 Å². The number of oxime groups is 1. The van der Waals surface area contributed by atoms with E-state index < -0.39 is 11.5 Å². The van der Waals surface area contributed by atoms with E-state index >= 15 is 0 Å². The first-order valence-corrected chi connectivity index (χ1v) is 14.3. The van der Waals surface area contributed by atoms with Crippen molar-refractivity contribution in [3.8, 4) is 0 Å². The summed E-state index contributed by atoms with van der Waals surface area (Å²) in [4.78, 5) is 34.0. The summed E-state index contributed by atoms with van der Waals surface area (Å²) in [6.45, 7) is 12.4. The van der Waals surface area contributed by atoms with E-state index in [1.807, 2.05) is 87.2 Å². The minimum Gasteiger partial charge on any atom is -0.383 e. The topological polar surface area (TPSA) is 82.4 Å².